The highest BCUT2D eigenvalue weighted by atomic mass is 32.2. The molecule has 19 heavy (non-hydrogen) atoms. The zero-order valence-corrected chi connectivity index (χ0v) is 11.4. The lowest BCUT2D eigenvalue weighted by Gasteiger charge is -2.07. The van der Waals surface area contributed by atoms with Gasteiger partial charge in [-0.05, 0) is 24.3 Å². The van der Waals surface area contributed by atoms with Crippen LogP contribution in [0.25, 0.3) is 0 Å². The number of imidazole rings is 1. The van der Waals surface area contributed by atoms with Crippen LogP contribution in [0.4, 0.5) is 5.69 Å². The van der Waals surface area contributed by atoms with E-state index in [0.29, 0.717) is 0 Å². The highest BCUT2D eigenvalue weighted by Gasteiger charge is 2.06. The van der Waals surface area contributed by atoms with Crippen LogP contribution in [0.3, 0.4) is 0 Å². The van der Waals surface area contributed by atoms with E-state index in [1.807, 2.05) is 17.8 Å². The van der Waals surface area contributed by atoms with Crippen molar-refractivity contribution in [3.05, 3.63) is 42.5 Å². The Bertz CT molecular complexity index is 647. The lowest BCUT2D eigenvalue weighted by molar-refractivity contribution is 0.598. The molecule has 1 aromatic carbocycles. The predicted octanol–water partition coefficient (Wildman–Crippen LogP) is 0.722. The Labute approximate surface area is 112 Å². The predicted molar refractivity (Wildman–Crippen MR) is 73.2 cm³/mol. The molecular weight excluding hydrogens is 264 g/mol. The Balaban J connectivity index is 1.92. The third kappa shape index (κ3) is 3.55. The first kappa shape index (κ1) is 13.6. The molecule has 6 nitrogen and oxygen atoms in total. The average Bonchev–Trinajstić information content (AvgIpc) is 2.75. The molecule has 7 heteroatoms. The largest absolute Gasteiger partial charge is 0.385 e. The van der Waals surface area contributed by atoms with E-state index in [0.717, 1.165) is 24.5 Å². The van der Waals surface area contributed by atoms with Crippen LogP contribution >= 0.6 is 0 Å². The first-order chi connectivity index (χ1) is 8.97. The normalized spacial score (nSPS) is 11.5. The molecule has 0 amide bonds. The Morgan fingerprint density at radius 1 is 1.32 bits per heavy atom. The number of nitrogens with two attached hydrogens (primary N) is 1. The number of hydrogen-bond acceptors (Lipinski definition) is 4. The average molecular weight is 280 g/mol. The maximum atomic E-state index is 11.1. The number of aryl methyl sites for hydroxylation is 1. The molecule has 0 radical (unpaired) electrons. The number of rotatable bonds is 5. The van der Waals surface area contributed by atoms with Gasteiger partial charge < -0.3 is 9.88 Å². The second-order valence-electron chi connectivity index (χ2n) is 4.20. The van der Waals surface area contributed by atoms with Gasteiger partial charge in [0.1, 0.15) is 5.82 Å². The molecule has 2 aromatic rings. The zero-order valence-electron chi connectivity index (χ0n) is 10.6. The molecule has 0 bridgehead atoms. The Kier molecular flexibility index (Phi) is 3.87. The van der Waals surface area contributed by atoms with E-state index >= 15 is 0 Å². The van der Waals surface area contributed by atoms with Crippen molar-refractivity contribution in [2.45, 2.75) is 11.3 Å². The summed E-state index contributed by atoms with van der Waals surface area (Å²) in [5.74, 6) is 0.994. The number of primary sulfonamides is 1. The van der Waals surface area contributed by atoms with Crippen molar-refractivity contribution in [3.63, 3.8) is 0 Å². The van der Waals surface area contributed by atoms with Gasteiger partial charge in [0.05, 0.1) is 4.90 Å². The van der Waals surface area contributed by atoms with Crippen molar-refractivity contribution < 1.29 is 8.42 Å². The van der Waals surface area contributed by atoms with Gasteiger partial charge in [-0.25, -0.2) is 18.5 Å². The third-order valence-corrected chi connectivity index (χ3v) is 3.71. The van der Waals surface area contributed by atoms with Crippen molar-refractivity contribution in [3.8, 4) is 0 Å². The molecule has 0 spiro atoms. The number of aromatic nitrogens is 2. The van der Waals surface area contributed by atoms with Crippen LogP contribution in [0.1, 0.15) is 5.82 Å². The van der Waals surface area contributed by atoms with Crippen LogP contribution in [0.2, 0.25) is 0 Å². The van der Waals surface area contributed by atoms with Crippen molar-refractivity contribution >= 4 is 15.7 Å². The number of sulfonamides is 1. The van der Waals surface area contributed by atoms with Crippen LogP contribution in [0.5, 0.6) is 0 Å². The number of nitrogens with one attached hydrogen (secondary N) is 1. The Morgan fingerprint density at radius 2 is 2.00 bits per heavy atom. The SMILES string of the molecule is Cn1ccnc1CCNc1ccc(S(N)(=O)=O)cc1. The molecule has 2 rings (SSSR count). The lowest BCUT2D eigenvalue weighted by Crippen LogP contribution is -2.12. The molecule has 0 saturated carbocycles. The van der Waals surface area contributed by atoms with Gasteiger partial charge in [-0.1, -0.05) is 0 Å². The van der Waals surface area contributed by atoms with Crippen molar-refractivity contribution in [2.24, 2.45) is 12.2 Å². The fraction of sp³-hybridized carbons (Fsp3) is 0.250. The minimum absolute atomic E-state index is 0.113. The summed E-state index contributed by atoms with van der Waals surface area (Å²) in [5.41, 5.74) is 0.849. The summed E-state index contributed by atoms with van der Waals surface area (Å²) < 4.78 is 24.2. The molecule has 1 aromatic heterocycles. The van der Waals surface area contributed by atoms with Gasteiger partial charge in [-0.3, -0.25) is 0 Å². The van der Waals surface area contributed by atoms with Crippen LogP contribution in [-0.2, 0) is 23.5 Å². The molecule has 0 saturated heterocycles. The maximum Gasteiger partial charge on any atom is 0.238 e. The van der Waals surface area contributed by atoms with Crippen molar-refractivity contribution in [1.29, 1.82) is 0 Å². The van der Waals surface area contributed by atoms with E-state index in [4.69, 9.17) is 5.14 Å². The fourth-order valence-corrected chi connectivity index (χ4v) is 2.23. The molecule has 0 aliphatic heterocycles. The first-order valence-electron chi connectivity index (χ1n) is 5.80. The zero-order chi connectivity index (χ0) is 13.9. The topological polar surface area (TPSA) is 90.0 Å². The van der Waals surface area contributed by atoms with Crippen LogP contribution < -0.4 is 10.5 Å². The Hall–Kier alpha value is -1.86. The summed E-state index contributed by atoms with van der Waals surface area (Å²) in [5, 5.41) is 8.23. The quantitative estimate of drug-likeness (QED) is 0.844. The summed E-state index contributed by atoms with van der Waals surface area (Å²) in [6.45, 7) is 0.722. The molecule has 0 fully saturated rings. The second-order valence-corrected chi connectivity index (χ2v) is 5.76. The number of benzene rings is 1. The molecule has 102 valence electrons. The van der Waals surface area contributed by atoms with Crippen molar-refractivity contribution in [1.82, 2.24) is 9.55 Å². The lowest BCUT2D eigenvalue weighted by atomic mass is 10.3. The van der Waals surface area contributed by atoms with Crippen molar-refractivity contribution in [2.75, 3.05) is 11.9 Å². The summed E-state index contributed by atoms with van der Waals surface area (Å²) in [6.07, 6.45) is 4.45. The van der Waals surface area contributed by atoms with Gasteiger partial charge in [0.15, 0.2) is 0 Å². The van der Waals surface area contributed by atoms with Gasteiger partial charge >= 0.3 is 0 Å². The van der Waals surface area contributed by atoms with Crippen LogP contribution in [0, 0.1) is 0 Å². The maximum absolute atomic E-state index is 11.1. The van der Waals surface area contributed by atoms with Gasteiger partial charge in [0, 0.05) is 38.1 Å². The van der Waals surface area contributed by atoms with E-state index < -0.39 is 10.0 Å². The van der Waals surface area contributed by atoms with Crippen LogP contribution in [0.15, 0.2) is 41.6 Å². The molecule has 3 N–H and O–H groups in total. The monoisotopic (exact) mass is 280 g/mol. The second kappa shape index (κ2) is 5.41. The highest BCUT2D eigenvalue weighted by molar-refractivity contribution is 7.89. The van der Waals surface area contributed by atoms with Gasteiger partial charge in [0.25, 0.3) is 0 Å². The van der Waals surface area contributed by atoms with E-state index in [9.17, 15) is 8.42 Å². The number of anilines is 1. The number of nitrogens with zero attached hydrogens (tertiary/aromatic N) is 2. The smallest absolute Gasteiger partial charge is 0.238 e. The third-order valence-electron chi connectivity index (χ3n) is 2.78. The minimum Gasteiger partial charge on any atom is -0.385 e. The van der Waals surface area contributed by atoms with Gasteiger partial charge in [0.2, 0.25) is 10.0 Å². The summed E-state index contributed by atoms with van der Waals surface area (Å²) >= 11 is 0. The van der Waals surface area contributed by atoms with Gasteiger partial charge in [-0.15, -0.1) is 0 Å². The molecule has 1 heterocycles. The van der Waals surface area contributed by atoms with Crippen LogP contribution in [-0.4, -0.2) is 24.5 Å². The standard InChI is InChI=1S/C12H16N4O2S/c1-16-9-8-15-12(16)6-7-14-10-2-4-11(5-3-10)19(13,17)18/h2-5,8-9,14H,6-7H2,1H3,(H2,13,17,18). The summed E-state index contributed by atoms with van der Waals surface area (Å²) in [4.78, 5) is 4.33. The minimum atomic E-state index is -3.62. The highest BCUT2D eigenvalue weighted by Crippen LogP contribution is 2.12. The number of hydrogen-bond donors (Lipinski definition) is 2. The van der Waals surface area contributed by atoms with E-state index in [1.54, 1.807) is 18.3 Å². The molecule has 0 aliphatic rings. The molecule has 0 atom stereocenters. The van der Waals surface area contributed by atoms with E-state index in [-0.39, 0.29) is 4.90 Å². The Morgan fingerprint density at radius 3 is 2.53 bits per heavy atom. The molecule has 0 aliphatic carbocycles. The first-order valence-corrected chi connectivity index (χ1v) is 7.34. The van der Waals surface area contributed by atoms with Gasteiger partial charge in [-0.2, -0.15) is 0 Å². The summed E-state index contributed by atoms with van der Waals surface area (Å²) in [6, 6.07) is 6.35. The molecular formula is C12H16N4O2S. The fourth-order valence-electron chi connectivity index (χ4n) is 1.72. The van der Waals surface area contributed by atoms with E-state index in [2.05, 4.69) is 10.3 Å². The van der Waals surface area contributed by atoms with E-state index in [1.165, 1.54) is 12.1 Å². The summed E-state index contributed by atoms with van der Waals surface area (Å²) in [7, 11) is -1.67. The molecule has 0 unspecified atom stereocenters.